The summed E-state index contributed by atoms with van der Waals surface area (Å²) in [7, 11) is 0. The molecule has 53 heavy (non-hydrogen) atoms. The Morgan fingerprint density at radius 2 is 0.925 bits per heavy atom. The summed E-state index contributed by atoms with van der Waals surface area (Å²) in [5, 5.41) is 0. The molecule has 0 aromatic heterocycles. The zero-order valence-corrected chi connectivity index (χ0v) is 31.6. The van der Waals surface area contributed by atoms with Crippen LogP contribution in [-0.4, -0.2) is 0 Å². The molecule has 1 heteroatoms. The van der Waals surface area contributed by atoms with Crippen LogP contribution in [-0.2, 0) is 16.2 Å². The average molecular weight is 688 g/mol. The lowest BCUT2D eigenvalue weighted by molar-refractivity contribution is -0.0443. The monoisotopic (exact) mass is 687 g/mol. The lowest BCUT2D eigenvalue weighted by atomic mass is 9.39. The van der Waals surface area contributed by atoms with Crippen LogP contribution in [0.2, 0.25) is 0 Å². The largest absolute Gasteiger partial charge is 0.310 e. The van der Waals surface area contributed by atoms with Crippen molar-refractivity contribution in [1.82, 2.24) is 0 Å². The first-order chi connectivity index (χ1) is 25.8. The molecule has 6 aromatic rings. The van der Waals surface area contributed by atoms with Crippen molar-refractivity contribution < 1.29 is 0 Å². The van der Waals surface area contributed by atoms with Gasteiger partial charge >= 0.3 is 0 Å². The molecular weight excluding hydrogens is 639 g/mol. The number of hydrogen-bond acceptors (Lipinski definition) is 1. The van der Waals surface area contributed by atoms with E-state index in [2.05, 4.69) is 172 Å². The van der Waals surface area contributed by atoms with Crippen molar-refractivity contribution in [2.75, 3.05) is 4.90 Å². The molecule has 0 aliphatic heterocycles. The summed E-state index contributed by atoms with van der Waals surface area (Å²) in [4.78, 5) is 2.60. The van der Waals surface area contributed by atoms with Gasteiger partial charge in [0.25, 0.3) is 0 Å². The Bertz CT molecular complexity index is 2400. The molecule has 0 N–H and O–H groups in total. The van der Waals surface area contributed by atoms with Crippen LogP contribution in [0.1, 0.15) is 93.2 Å². The standard InChI is InChI=1S/C52H49N/c1-50(2)43-18-10-8-17-41(43)42-24-22-38(31-47(42)50)53(49-21-13-9-16-40(49)35-14-6-5-7-15-35)39-23-25-45-48(32-39)52(46-20-12-11-19-44(46)51(45,3)4)36-27-33-26-34(29-36)30-37(52)28-33/h5-25,31-34,36-37H,26-30H2,1-4H3. The van der Waals surface area contributed by atoms with E-state index in [1.807, 2.05) is 0 Å². The second-order valence-corrected chi connectivity index (χ2v) is 18.2. The van der Waals surface area contributed by atoms with Gasteiger partial charge in [0.1, 0.15) is 0 Å². The molecule has 12 rings (SSSR count). The third kappa shape index (κ3) is 4.26. The van der Waals surface area contributed by atoms with E-state index in [1.54, 1.807) is 16.7 Å². The predicted octanol–water partition coefficient (Wildman–Crippen LogP) is 13.5. The molecule has 6 aliphatic rings. The topological polar surface area (TPSA) is 3.24 Å². The number of fused-ring (bicyclic) bond motifs is 5. The summed E-state index contributed by atoms with van der Waals surface area (Å²) in [6.07, 6.45) is 6.99. The normalized spacial score (nSPS) is 26.1. The van der Waals surface area contributed by atoms with Crippen molar-refractivity contribution in [2.45, 2.75) is 76.0 Å². The van der Waals surface area contributed by atoms with Gasteiger partial charge in [-0.25, -0.2) is 0 Å². The van der Waals surface area contributed by atoms with E-state index in [0.717, 1.165) is 11.8 Å². The molecule has 1 nitrogen and oxygen atoms in total. The number of rotatable bonds is 4. The van der Waals surface area contributed by atoms with Crippen LogP contribution in [0.5, 0.6) is 0 Å². The minimum atomic E-state index is -0.0828. The molecule has 4 fully saturated rings. The fourth-order valence-corrected chi connectivity index (χ4v) is 12.8. The quantitative estimate of drug-likeness (QED) is 0.178. The molecule has 1 spiro atoms. The van der Waals surface area contributed by atoms with Crippen molar-refractivity contribution in [3.05, 3.63) is 173 Å². The van der Waals surface area contributed by atoms with Crippen LogP contribution in [0.3, 0.4) is 0 Å². The zero-order chi connectivity index (χ0) is 35.7. The Kier molecular flexibility index (Phi) is 6.61. The second-order valence-electron chi connectivity index (χ2n) is 18.2. The summed E-state index contributed by atoms with van der Waals surface area (Å²) in [5.74, 6) is 3.22. The molecular formula is C52H49N. The fourth-order valence-electron chi connectivity index (χ4n) is 12.8. The van der Waals surface area contributed by atoms with E-state index in [1.165, 1.54) is 88.1 Å². The third-order valence-corrected chi connectivity index (χ3v) is 14.9. The number of anilines is 3. The minimum Gasteiger partial charge on any atom is -0.310 e. The highest BCUT2D eigenvalue weighted by Crippen LogP contribution is 2.69. The summed E-state index contributed by atoms with van der Waals surface area (Å²) >= 11 is 0. The average Bonchev–Trinajstić information content (AvgIpc) is 3.41. The summed E-state index contributed by atoms with van der Waals surface area (Å²) in [6, 6.07) is 53.7. The third-order valence-electron chi connectivity index (χ3n) is 14.9. The van der Waals surface area contributed by atoms with Crippen molar-refractivity contribution >= 4 is 17.1 Å². The predicted molar refractivity (Wildman–Crippen MR) is 221 cm³/mol. The smallest absolute Gasteiger partial charge is 0.0540 e. The Hall–Kier alpha value is -4.88. The molecule has 0 radical (unpaired) electrons. The van der Waals surface area contributed by atoms with Crippen molar-refractivity contribution in [2.24, 2.45) is 23.7 Å². The van der Waals surface area contributed by atoms with Crippen LogP contribution >= 0.6 is 0 Å². The molecule has 262 valence electrons. The van der Waals surface area contributed by atoms with Gasteiger partial charge in [0.2, 0.25) is 0 Å². The number of para-hydroxylation sites is 1. The van der Waals surface area contributed by atoms with Gasteiger partial charge in [-0.1, -0.05) is 137 Å². The maximum Gasteiger partial charge on any atom is 0.0540 e. The highest BCUT2D eigenvalue weighted by atomic mass is 15.1. The van der Waals surface area contributed by atoms with E-state index < -0.39 is 0 Å². The van der Waals surface area contributed by atoms with Gasteiger partial charge in [-0.05, 0) is 136 Å². The molecule has 0 saturated heterocycles. The second kappa shape index (κ2) is 11.1. The first-order valence-corrected chi connectivity index (χ1v) is 20.2. The molecule has 0 heterocycles. The van der Waals surface area contributed by atoms with Crippen molar-refractivity contribution in [3.8, 4) is 22.3 Å². The summed E-state index contributed by atoms with van der Waals surface area (Å²) in [6.45, 7) is 9.77. The number of hydrogen-bond donors (Lipinski definition) is 0. The van der Waals surface area contributed by atoms with E-state index in [0.29, 0.717) is 11.8 Å². The van der Waals surface area contributed by atoms with Gasteiger partial charge < -0.3 is 4.90 Å². The molecule has 4 saturated carbocycles. The highest BCUT2D eigenvalue weighted by molar-refractivity contribution is 5.91. The molecule has 0 unspecified atom stereocenters. The Morgan fingerprint density at radius 3 is 1.64 bits per heavy atom. The van der Waals surface area contributed by atoms with Crippen LogP contribution in [0, 0.1) is 23.7 Å². The summed E-state index contributed by atoms with van der Waals surface area (Å²) in [5.41, 5.74) is 18.0. The van der Waals surface area contributed by atoms with Crippen LogP contribution in [0.15, 0.2) is 140 Å². The molecule has 0 atom stereocenters. The Balaban J connectivity index is 1.17. The molecule has 0 amide bonds. The van der Waals surface area contributed by atoms with Gasteiger partial charge in [0.15, 0.2) is 0 Å². The minimum absolute atomic E-state index is 0.0665. The molecule has 4 bridgehead atoms. The van der Waals surface area contributed by atoms with Crippen LogP contribution in [0.4, 0.5) is 17.1 Å². The SMILES string of the molecule is CC1(C)c2ccccc2-c2ccc(N(c3ccc4c(c3)C3(c5ccccc5C4(C)C)C4CC5CC(C4)CC3C5)c3ccccc3-c3ccccc3)cc21. The van der Waals surface area contributed by atoms with Crippen LogP contribution in [0.25, 0.3) is 22.3 Å². The number of nitrogens with zero attached hydrogens (tertiary/aromatic N) is 1. The zero-order valence-electron chi connectivity index (χ0n) is 31.6. The molecule has 6 aliphatic carbocycles. The Labute approximate surface area is 315 Å². The highest BCUT2D eigenvalue weighted by Gasteiger charge is 2.62. The first kappa shape index (κ1) is 31.6. The van der Waals surface area contributed by atoms with Gasteiger partial charge in [-0.15, -0.1) is 0 Å². The van der Waals surface area contributed by atoms with E-state index in [4.69, 9.17) is 0 Å². The number of benzene rings is 6. The van der Waals surface area contributed by atoms with Crippen molar-refractivity contribution in [3.63, 3.8) is 0 Å². The van der Waals surface area contributed by atoms with E-state index >= 15 is 0 Å². The van der Waals surface area contributed by atoms with Gasteiger partial charge in [0, 0.05) is 33.2 Å². The van der Waals surface area contributed by atoms with Gasteiger partial charge in [0.05, 0.1) is 5.69 Å². The Morgan fingerprint density at radius 1 is 0.415 bits per heavy atom. The summed E-state index contributed by atoms with van der Waals surface area (Å²) < 4.78 is 0. The lowest BCUT2D eigenvalue weighted by Gasteiger charge is -2.64. The lowest BCUT2D eigenvalue weighted by Crippen LogP contribution is -2.58. The van der Waals surface area contributed by atoms with E-state index in [9.17, 15) is 0 Å². The van der Waals surface area contributed by atoms with Crippen molar-refractivity contribution in [1.29, 1.82) is 0 Å². The maximum atomic E-state index is 2.68. The van der Waals surface area contributed by atoms with Crippen LogP contribution < -0.4 is 4.90 Å². The van der Waals surface area contributed by atoms with E-state index in [-0.39, 0.29) is 16.2 Å². The maximum absolute atomic E-state index is 2.68. The van der Waals surface area contributed by atoms with Gasteiger partial charge in [-0.2, -0.15) is 0 Å². The molecule has 6 aromatic carbocycles. The van der Waals surface area contributed by atoms with Gasteiger partial charge in [-0.3, -0.25) is 0 Å². The fraction of sp³-hybridized carbons (Fsp3) is 0.308. The first-order valence-electron chi connectivity index (χ1n) is 20.2.